The number of nitrogens with zero attached hydrogens (tertiary/aromatic N) is 6. The maximum absolute atomic E-state index is 13.2. The average Bonchev–Trinajstić information content (AvgIpc) is 3.60. The number of piperazine rings is 1. The van der Waals surface area contributed by atoms with Crippen molar-refractivity contribution in [2.75, 3.05) is 38.0 Å². The van der Waals surface area contributed by atoms with Crippen LogP contribution >= 0.6 is 27.5 Å². The van der Waals surface area contributed by atoms with E-state index in [1.165, 1.54) is 34.3 Å². The van der Waals surface area contributed by atoms with Crippen LogP contribution in [0.3, 0.4) is 0 Å². The lowest BCUT2D eigenvalue weighted by Gasteiger charge is -2.34. The lowest BCUT2D eigenvalue weighted by molar-refractivity contribution is -0.121. The highest BCUT2D eigenvalue weighted by molar-refractivity contribution is 9.10. The Bertz CT molecular complexity index is 2370. The van der Waals surface area contributed by atoms with Gasteiger partial charge in [0.05, 0.1) is 34.8 Å². The first-order valence-electron chi connectivity index (χ1n) is 18.2. The number of benzene rings is 2. The van der Waals surface area contributed by atoms with Crippen LogP contribution in [0.15, 0.2) is 64.4 Å². The van der Waals surface area contributed by atoms with E-state index in [2.05, 4.69) is 46.8 Å². The van der Waals surface area contributed by atoms with Crippen LogP contribution < -0.4 is 26.2 Å². The topological polar surface area (TPSA) is 227 Å². The Morgan fingerprint density at radius 2 is 1.72 bits per heavy atom. The minimum Gasteiger partial charge on any atom is -0.444 e. The minimum atomic E-state index is -4.37. The van der Waals surface area contributed by atoms with E-state index in [1.54, 1.807) is 6.07 Å². The molecule has 4 heterocycles. The summed E-state index contributed by atoms with van der Waals surface area (Å²) in [6.45, 7) is -0.0683. The van der Waals surface area contributed by atoms with E-state index in [1.807, 2.05) is 29.0 Å². The smallest absolute Gasteiger partial charge is 0.422 e. The molecule has 2 fully saturated rings. The number of carbonyl (C=O) groups excluding carboxylic acids is 4. The van der Waals surface area contributed by atoms with Crippen LogP contribution in [0.2, 0.25) is 5.02 Å². The molecule has 18 nitrogen and oxygen atoms in total. The van der Waals surface area contributed by atoms with Crippen molar-refractivity contribution in [2.24, 2.45) is 0 Å². The molecule has 2 saturated heterocycles. The molecular formula is C36H38BrClN10O8S. The number of fused-ring (bicyclic) bond motifs is 2. The first-order valence-corrected chi connectivity index (χ1v) is 20.8. The summed E-state index contributed by atoms with van der Waals surface area (Å²) in [5, 5.41) is 9.31. The van der Waals surface area contributed by atoms with Crippen molar-refractivity contribution >= 4 is 78.3 Å². The molecule has 2 aromatic heterocycles. The molecule has 2 atom stereocenters. The third-order valence-electron chi connectivity index (χ3n) is 10.0. The Hall–Kier alpha value is -5.02. The summed E-state index contributed by atoms with van der Waals surface area (Å²) in [5.74, 6) is -0.855. The molecule has 4 aromatic rings. The average molecular weight is 886 g/mol. The molecule has 2 aromatic carbocycles. The lowest BCUT2D eigenvalue weighted by Crippen LogP contribution is -2.55. The quantitative estimate of drug-likeness (QED) is 0.180. The number of piperidine rings is 1. The van der Waals surface area contributed by atoms with Crippen molar-refractivity contribution in [3.63, 3.8) is 0 Å². The molecule has 57 heavy (non-hydrogen) atoms. The van der Waals surface area contributed by atoms with Gasteiger partial charge in [-0.2, -0.15) is 12.7 Å². The number of amides is 4. The molecule has 1 aliphatic carbocycles. The van der Waals surface area contributed by atoms with Gasteiger partial charge < -0.3 is 20.3 Å². The van der Waals surface area contributed by atoms with Crippen molar-refractivity contribution in [1.82, 2.24) is 44.1 Å². The van der Waals surface area contributed by atoms with Gasteiger partial charge in [-0.05, 0) is 71.4 Å². The molecule has 0 bridgehead atoms. The number of halogens is 2. The molecule has 0 saturated carbocycles. The van der Waals surface area contributed by atoms with Crippen LogP contribution in [0.5, 0.6) is 0 Å². The summed E-state index contributed by atoms with van der Waals surface area (Å²) in [6, 6.07) is 9.68. The van der Waals surface area contributed by atoms with Crippen molar-refractivity contribution in [3.8, 4) is 0 Å². The van der Waals surface area contributed by atoms with E-state index < -0.39 is 45.9 Å². The fourth-order valence-electron chi connectivity index (χ4n) is 7.19. The van der Waals surface area contributed by atoms with Gasteiger partial charge in [0.15, 0.2) is 17.3 Å². The summed E-state index contributed by atoms with van der Waals surface area (Å²) < 4.78 is 36.6. The Balaban J connectivity index is 0.886. The second kappa shape index (κ2) is 17.2. The molecule has 7 rings (SSSR count). The SMILES string of the molecule is O=C(C[C@@H]1NCCC[C@H]1OC(=O)NS(=O)(=O)N1CCN(C(=O)Nc2nccnc2C(=O)NC2Cc3ccccc3C2)CC1)Cn1cnc2cc(Br)c(Cl)cc2c1=O. The summed E-state index contributed by atoms with van der Waals surface area (Å²) in [6.07, 6.45) is 4.17. The van der Waals surface area contributed by atoms with Gasteiger partial charge in [0.25, 0.3) is 11.5 Å². The van der Waals surface area contributed by atoms with Crippen LogP contribution in [-0.4, -0.2) is 112 Å². The number of urea groups is 1. The molecule has 2 aliphatic heterocycles. The molecular weight excluding hydrogens is 848 g/mol. The Morgan fingerprint density at radius 3 is 2.46 bits per heavy atom. The number of ketones is 1. The molecule has 300 valence electrons. The maximum atomic E-state index is 13.2. The normalized spacial score (nSPS) is 18.8. The largest absolute Gasteiger partial charge is 0.444 e. The van der Waals surface area contributed by atoms with Crippen LogP contribution in [0.4, 0.5) is 15.4 Å². The standard InChI is InChI=1S/C36H38BrClN10O8S/c37-26-18-28-25(17-27(26)38)34(51)47(20-42-28)19-24(49)16-29-30(6-3-7-39-29)56-36(53)45-57(54,55)48-12-10-46(11-13-48)35(52)44-32-31(40-8-9-41-32)33(50)43-23-14-21-4-1-2-5-22(21)15-23/h1-2,4-5,8-9,17-18,20,23,29-30,39H,3,6-7,10-16,19H2,(H,43,50)(H,45,53)(H,41,44,52)/t29-,30+/m0/s1. The first-order chi connectivity index (χ1) is 27.3. The van der Waals surface area contributed by atoms with E-state index in [4.69, 9.17) is 16.3 Å². The van der Waals surface area contributed by atoms with E-state index in [0.29, 0.717) is 47.2 Å². The second-order valence-electron chi connectivity index (χ2n) is 13.9. The number of Topliss-reactive ketones (excluding diaryl/α,β-unsaturated/α-hetero) is 1. The van der Waals surface area contributed by atoms with Gasteiger partial charge in [0.1, 0.15) is 6.10 Å². The number of aromatic nitrogens is 4. The first kappa shape index (κ1) is 40.2. The second-order valence-corrected chi connectivity index (χ2v) is 16.8. The number of hydrogen-bond donors (Lipinski definition) is 4. The third-order valence-corrected chi connectivity index (χ3v) is 12.7. The third kappa shape index (κ3) is 9.41. The van der Waals surface area contributed by atoms with Crippen molar-refractivity contribution in [1.29, 1.82) is 0 Å². The molecule has 4 amide bonds. The van der Waals surface area contributed by atoms with Crippen LogP contribution in [0, 0.1) is 0 Å². The highest BCUT2D eigenvalue weighted by Crippen LogP contribution is 2.26. The van der Waals surface area contributed by atoms with E-state index in [9.17, 15) is 32.4 Å². The molecule has 0 radical (unpaired) electrons. The molecule has 0 spiro atoms. The van der Waals surface area contributed by atoms with Gasteiger partial charge in [-0.1, -0.05) is 35.9 Å². The van der Waals surface area contributed by atoms with E-state index in [-0.39, 0.29) is 67.9 Å². The zero-order valence-electron chi connectivity index (χ0n) is 30.3. The highest BCUT2D eigenvalue weighted by Gasteiger charge is 2.35. The molecule has 21 heteroatoms. The monoisotopic (exact) mass is 884 g/mol. The van der Waals surface area contributed by atoms with Crippen LogP contribution in [-0.2, 0) is 39.1 Å². The van der Waals surface area contributed by atoms with E-state index in [0.717, 1.165) is 15.4 Å². The minimum absolute atomic E-state index is 0.0267. The maximum Gasteiger partial charge on any atom is 0.422 e. The van der Waals surface area contributed by atoms with Crippen molar-refractivity contribution in [2.45, 2.75) is 56.8 Å². The predicted molar refractivity (Wildman–Crippen MR) is 211 cm³/mol. The van der Waals surface area contributed by atoms with Crippen molar-refractivity contribution in [3.05, 3.63) is 91.8 Å². The predicted octanol–water partition coefficient (Wildman–Crippen LogP) is 2.40. The summed E-state index contributed by atoms with van der Waals surface area (Å²) in [4.78, 5) is 79.3. The van der Waals surface area contributed by atoms with Gasteiger partial charge >= 0.3 is 22.3 Å². The number of ether oxygens (including phenoxy) is 1. The zero-order chi connectivity index (χ0) is 40.3. The fourth-order valence-corrected chi connectivity index (χ4v) is 8.71. The Morgan fingerprint density at radius 1 is 1.00 bits per heavy atom. The summed E-state index contributed by atoms with van der Waals surface area (Å²) in [5.41, 5.74) is 2.25. The highest BCUT2D eigenvalue weighted by atomic mass is 79.9. The molecule has 4 N–H and O–H groups in total. The van der Waals surface area contributed by atoms with Crippen molar-refractivity contribution < 1.29 is 32.3 Å². The summed E-state index contributed by atoms with van der Waals surface area (Å²) in [7, 11) is -4.37. The van der Waals surface area contributed by atoms with E-state index >= 15 is 0 Å². The Labute approximate surface area is 340 Å². The number of rotatable bonds is 10. The van der Waals surface area contributed by atoms with Gasteiger partial charge in [0.2, 0.25) is 0 Å². The molecule has 3 aliphatic rings. The number of anilines is 1. The van der Waals surface area contributed by atoms with Gasteiger partial charge in [-0.25, -0.2) is 29.3 Å². The van der Waals surface area contributed by atoms with Gasteiger partial charge in [-0.15, -0.1) is 0 Å². The number of carbonyl (C=O) groups is 4. The lowest BCUT2D eigenvalue weighted by atomic mass is 9.96. The zero-order valence-corrected chi connectivity index (χ0v) is 33.5. The van der Waals surface area contributed by atoms with Crippen LogP contribution in [0.25, 0.3) is 10.9 Å². The van der Waals surface area contributed by atoms with Gasteiger partial charge in [0, 0.05) is 55.5 Å². The summed E-state index contributed by atoms with van der Waals surface area (Å²) >= 11 is 9.46. The van der Waals surface area contributed by atoms with Gasteiger partial charge in [-0.3, -0.25) is 24.3 Å². The Kier molecular flexibility index (Phi) is 12.1. The molecule has 0 unspecified atom stereocenters. The number of hydrogen-bond acceptors (Lipinski definition) is 12. The van der Waals surface area contributed by atoms with Crippen LogP contribution in [0.1, 0.15) is 40.9 Å². The fraction of sp³-hybridized carbons (Fsp3) is 0.389. The number of nitrogens with one attached hydrogen (secondary N) is 4.